The third-order valence-corrected chi connectivity index (χ3v) is 1.95. The molecule has 0 saturated heterocycles. The van der Waals surface area contributed by atoms with Crippen LogP contribution in [0, 0.1) is 0 Å². The predicted molar refractivity (Wildman–Crippen MR) is 48.2 cm³/mol. The Morgan fingerprint density at radius 1 is 1.17 bits per heavy atom. The van der Waals surface area contributed by atoms with Crippen LogP contribution >= 0.6 is 0 Å². The van der Waals surface area contributed by atoms with Crippen molar-refractivity contribution in [3.63, 3.8) is 0 Å². The van der Waals surface area contributed by atoms with Gasteiger partial charge in [0, 0.05) is 7.11 Å². The van der Waals surface area contributed by atoms with E-state index in [1.807, 2.05) is 0 Å². The normalized spacial score (nSPS) is 16.0. The van der Waals surface area contributed by atoms with E-state index in [0.29, 0.717) is 6.61 Å². The quantitative estimate of drug-likeness (QED) is 0.633. The fraction of sp³-hybridized carbons (Fsp3) is 1.00. The number of ether oxygens (including phenoxy) is 2. The summed E-state index contributed by atoms with van der Waals surface area (Å²) in [5.41, 5.74) is 0. The van der Waals surface area contributed by atoms with Crippen LogP contribution < -0.4 is 0 Å². The summed E-state index contributed by atoms with van der Waals surface area (Å²) in [5, 5.41) is 8.57. The van der Waals surface area contributed by atoms with E-state index in [9.17, 15) is 0 Å². The highest BCUT2D eigenvalue weighted by Gasteiger charge is 2.17. The molecule has 0 amide bonds. The summed E-state index contributed by atoms with van der Waals surface area (Å²) in [6.45, 7) is 4.61. The first-order valence-corrected chi connectivity index (χ1v) is 4.55. The van der Waals surface area contributed by atoms with Gasteiger partial charge < -0.3 is 14.6 Å². The third kappa shape index (κ3) is 4.04. The van der Waals surface area contributed by atoms with E-state index in [1.165, 1.54) is 0 Å². The van der Waals surface area contributed by atoms with Crippen molar-refractivity contribution >= 4 is 0 Å². The first-order valence-electron chi connectivity index (χ1n) is 4.55. The molecule has 3 heteroatoms. The zero-order chi connectivity index (χ0) is 9.40. The van der Waals surface area contributed by atoms with Gasteiger partial charge in [0.1, 0.15) is 0 Å². The van der Waals surface area contributed by atoms with Crippen LogP contribution in [0.15, 0.2) is 0 Å². The van der Waals surface area contributed by atoms with Crippen LogP contribution in [0.3, 0.4) is 0 Å². The summed E-state index contributed by atoms with van der Waals surface area (Å²) in [6.07, 6.45) is 2.14. The number of hydrogen-bond acceptors (Lipinski definition) is 3. The molecule has 12 heavy (non-hydrogen) atoms. The molecular weight excluding hydrogens is 156 g/mol. The van der Waals surface area contributed by atoms with Crippen LogP contribution in [0.4, 0.5) is 0 Å². The Balaban J connectivity index is 3.75. The van der Waals surface area contributed by atoms with Gasteiger partial charge in [-0.2, -0.15) is 0 Å². The molecule has 0 spiro atoms. The highest BCUT2D eigenvalue weighted by molar-refractivity contribution is 4.67. The van der Waals surface area contributed by atoms with E-state index in [4.69, 9.17) is 14.6 Å². The predicted octanol–water partition coefficient (Wildman–Crippen LogP) is 1.20. The van der Waals surface area contributed by atoms with E-state index in [2.05, 4.69) is 13.8 Å². The maximum atomic E-state index is 8.57. The molecule has 0 radical (unpaired) electrons. The average Bonchev–Trinajstić information content (AvgIpc) is 2.12. The van der Waals surface area contributed by atoms with Crippen molar-refractivity contribution < 1.29 is 14.6 Å². The van der Waals surface area contributed by atoms with E-state index in [0.717, 1.165) is 12.8 Å². The molecule has 2 unspecified atom stereocenters. The molecule has 3 nitrogen and oxygen atoms in total. The molecule has 2 atom stereocenters. The van der Waals surface area contributed by atoms with Crippen LogP contribution in [0.25, 0.3) is 0 Å². The largest absolute Gasteiger partial charge is 0.394 e. The van der Waals surface area contributed by atoms with Gasteiger partial charge in [-0.1, -0.05) is 13.8 Å². The fourth-order valence-corrected chi connectivity index (χ4v) is 1.27. The summed E-state index contributed by atoms with van der Waals surface area (Å²) in [7, 11) is 1.69. The molecule has 0 heterocycles. The molecule has 1 N–H and O–H groups in total. The lowest BCUT2D eigenvalue weighted by atomic mass is 10.1. The number of rotatable bonds is 7. The molecule has 0 bridgehead atoms. The van der Waals surface area contributed by atoms with Gasteiger partial charge in [-0.25, -0.2) is 0 Å². The van der Waals surface area contributed by atoms with Crippen LogP contribution in [-0.4, -0.2) is 37.6 Å². The van der Waals surface area contributed by atoms with Crippen molar-refractivity contribution in [1.82, 2.24) is 0 Å². The lowest BCUT2D eigenvalue weighted by Gasteiger charge is -2.23. The van der Waals surface area contributed by atoms with Crippen molar-refractivity contribution in [2.24, 2.45) is 0 Å². The Labute approximate surface area is 74.7 Å². The van der Waals surface area contributed by atoms with Crippen LogP contribution in [0.5, 0.6) is 0 Å². The number of aliphatic hydroxyl groups excluding tert-OH is 1. The molecule has 0 aromatic heterocycles. The SMILES string of the molecule is CCC(OC)C(CC)OCCO. The minimum atomic E-state index is 0.0800. The lowest BCUT2D eigenvalue weighted by molar-refractivity contribution is -0.0665. The van der Waals surface area contributed by atoms with Crippen molar-refractivity contribution in [1.29, 1.82) is 0 Å². The highest BCUT2D eigenvalue weighted by atomic mass is 16.5. The lowest BCUT2D eigenvalue weighted by Crippen LogP contribution is -2.30. The van der Waals surface area contributed by atoms with Crippen molar-refractivity contribution in [2.45, 2.75) is 38.9 Å². The van der Waals surface area contributed by atoms with Crippen LogP contribution in [0.1, 0.15) is 26.7 Å². The topological polar surface area (TPSA) is 38.7 Å². The Kier molecular flexibility index (Phi) is 7.45. The van der Waals surface area contributed by atoms with Crippen molar-refractivity contribution in [2.75, 3.05) is 20.3 Å². The maximum Gasteiger partial charge on any atom is 0.0834 e. The van der Waals surface area contributed by atoms with E-state index in [1.54, 1.807) is 7.11 Å². The van der Waals surface area contributed by atoms with Crippen LogP contribution in [-0.2, 0) is 9.47 Å². The summed E-state index contributed by atoms with van der Waals surface area (Å²) < 4.78 is 10.7. The first-order chi connectivity index (χ1) is 5.79. The minimum absolute atomic E-state index is 0.0800. The maximum absolute atomic E-state index is 8.57. The zero-order valence-electron chi connectivity index (χ0n) is 8.25. The molecule has 0 aliphatic rings. The third-order valence-electron chi connectivity index (χ3n) is 1.95. The van der Waals surface area contributed by atoms with Gasteiger partial charge in [-0.15, -0.1) is 0 Å². The van der Waals surface area contributed by atoms with E-state index < -0.39 is 0 Å². The monoisotopic (exact) mass is 176 g/mol. The van der Waals surface area contributed by atoms with Gasteiger partial charge in [-0.3, -0.25) is 0 Å². The second-order valence-corrected chi connectivity index (χ2v) is 2.72. The van der Waals surface area contributed by atoms with Gasteiger partial charge in [0.2, 0.25) is 0 Å². The number of hydrogen-bond donors (Lipinski definition) is 1. The summed E-state index contributed by atoms with van der Waals surface area (Å²) >= 11 is 0. The smallest absolute Gasteiger partial charge is 0.0834 e. The Morgan fingerprint density at radius 3 is 2.08 bits per heavy atom. The van der Waals surface area contributed by atoms with Crippen LogP contribution in [0.2, 0.25) is 0 Å². The molecule has 0 aliphatic heterocycles. The number of aliphatic hydroxyl groups is 1. The average molecular weight is 176 g/mol. The summed E-state index contributed by atoms with van der Waals surface area (Å²) in [4.78, 5) is 0. The molecular formula is C9H20O3. The number of methoxy groups -OCH3 is 1. The van der Waals surface area contributed by atoms with Gasteiger partial charge >= 0.3 is 0 Å². The second kappa shape index (κ2) is 7.53. The molecule has 0 fully saturated rings. The first kappa shape index (κ1) is 11.9. The molecule has 74 valence electrons. The van der Waals surface area contributed by atoms with Gasteiger partial charge in [0.05, 0.1) is 25.4 Å². The van der Waals surface area contributed by atoms with Gasteiger partial charge in [0.15, 0.2) is 0 Å². The Hall–Kier alpha value is -0.120. The van der Waals surface area contributed by atoms with Gasteiger partial charge in [-0.05, 0) is 12.8 Å². The fourth-order valence-electron chi connectivity index (χ4n) is 1.27. The minimum Gasteiger partial charge on any atom is -0.394 e. The van der Waals surface area contributed by atoms with Gasteiger partial charge in [0.25, 0.3) is 0 Å². The molecule has 0 rings (SSSR count). The summed E-state index contributed by atoms with van der Waals surface area (Å²) in [5.74, 6) is 0. The Bertz CT molecular complexity index is 91.8. The molecule has 0 aromatic rings. The van der Waals surface area contributed by atoms with E-state index >= 15 is 0 Å². The summed E-state index contributed by atoms with van der Waals surface area (Å²) in [6, 6.07) is 0. The Morgan fingerprint density at radius 2 is 1.75 bits per heavy atom. The molecule has 0 aliphatic carbocycles. The van der Waals surface area contributed by atoms with Crippen molar-refractivity contribution in [3.8, 4) is 0 Å². The zero-order valence-corrected chi connectivity index (χ0v) is 8.25. The standard InChI is InChI=1S/C9H20O3/c1-4-8(11-3)9(5-2)12-7-6-10/h8-10H,4-7H2,1-3H3. The van der Waals surface area contributed by atoms with E-state index in [-0.39, 0.29) is 18.8 Å². The molecule has 0 saturated carbocycles. The highest BCUT2D eigenvalue weighted by Crippen LogP contribution is 2.10. The second-order valence-electron chi connectivity index (χ2n) is 2.72. The molecule has 0 aromatic carbocycles. The van der Waals surface area contributed by atoms with Crippen molar-refractivity contribution in [3.05, 3.63) is 0 Å².